The van der Waals surface area contributed by atoms with Gasteiger partial charge in [0.15, 0.2) is 0 Å². The van der Waals surface area contributed by atoms with Crippen molar-refractivity contribution >= 4 is 23.1 Å². The van der Waals surface area contributed by atoms with Crippen molar-refractivity contribution in [2.45, 2.75) is 38.3 Å². The van der Waals surface area contributed by atoms with Crippen molar-refractivity contribution in [3.8, 4) is 0 Å². The molecule has 1 aromatic rings. The minimum atomic E-state index is -0.476. The van der Waals surface area contributed by atoms with E-state index in [0.29, 0.717) is 12.5 Å². The summed E-state index contributed by atoms with van der Waals surface area (Å²) < 4.78 is 5.71. The molecule has 1 aromatic heterocycles. The SMILES string of the molecule is Cc1nc(Cl)nc(NC2CCOC2C2CC2)c1[N+](=O)[O-]. The monoisotopic (exact) mass is 298 g/mol. The van der Waals surface area contributed by atoms with E-state index in [1.807, 2.05) is 0 Å². The van der Waals surface area contributed by atoms with E-state index in [4.69, 9.17) is 16.3 Å². The molecule has 2 aliphatic rings. The van der Waals surface area contributed by atoms with Crippen LogP contribution in [0.1, 0.15) is 25.0 Å². The van der Waals surface area contributed by atoms with Gasteiger partial charge in [-0.3, -0.25) is 10.1 Å². The van der Waals surface area contributed by atoms with Gasteiger partial charge in [0.05, 0.1) is 17.1 Å². The maximum absolute atomic E-state index is 11.2. The van der Waals surface area contributed by atoms with E-state index in [9.17, 15) is 10.1 Å². The van der Waals surface area contributed by atoms with Crippen molar-refractivity contribution in [2.75, 3.05) is 11.9 Å². The second kappa shape index (κ2) is 5.14. The zero-order valence-corrected chi connectivity index (χ0v) is 11.8. The van der Waals surface area contributed by atoms with Gasteiger partial charge in [0.2, 0.25) is 11.1 Å². The summed E-state index contributed by atoms with van der Waals surface area (Å²) >= 11 is 5.81. The van der Waals surface area contributed by atoms with Crippen molar-refractivity contribution in [3.63, 3.8) is 0 Å². The number of hydrogen-bond donors (Lipinski definition) is 1. The molecule has 1 saturated carbocycles. The average Bonchev–Trinajstić information content (AvgIpc) is 3.09. The topological polar surface area (TPSA) is 90.2 Å². The highest BCUT2D eigenvalue weighted by Gasteiger charge is 2.41. The highest BCUT2D eigenvalue weighted by molar-refractivity contribution is 6.28. The quantitative estimate of drug-likeness (QED) is 0.521. The van der Waals surface area contributed by atoms with Gasteiger partial charge >= 0.3 is 5.69 Å². The van der Waals surface area contributed by atoms with E-state index < -0.39 is 4.92 Å². The van der Waals surface area contributed by atoms with E-state index in [1.54, 1.807) is 6.92 Å². The maximum Gasteiger partial charge on any atom is 0.332 e. The largest absolute Gasteiger partial charge is 0.376 e. The molecule has 0 radical (unpaired) electrons. The predicted octanol–water partition coefficient (Wildman–Crippen LogP) is 2.33. The minimum Gasteiger partial charge on any atom is -0.376 e. The molecule has 7 nitrogen and oxygen atoms in total. The molecule has 8 heteroatoms. The minimum absolute atomic E-state index is 0.0116. The van der Waals surface area contributed by atoms with Crippen LogP contribution in [0, 0.1) is 23.0 Å². The Morgan fingerprint density at radius 3 is 2.80 bits per heavy atom. The third-order valence-electron chi connectivity index (χ3n) is 3.76. The molecule has 1 aliphatic carbocycles. The van der Waals surface area contributed by atoms with Gasteiger partial charge in [0, 0.05) is 6.61 Å². The van der Waals surface area contributed by atoms with Crippen molar-refractivity contribution < 1.29 is 9.66 Å². The van der Waals surface area contributed by atoms with Crippen LogP contribution in [0.3, 0.4) is 0 Å². The van der Waals surface area contributed by atoms with Gasteiger partial charge in [0.25, 0.3) is 0 Å². The van der Waals surface area contributed by atoms with Gasteiger partial charge in [-0.15, -0.1) is 0 Å². The molecule has 2 fully saturated rings. The third-order valence-corrected chi connectivity index (χ3v) is 3.93. The molecule has 108 valence electrons. The lowest BCUT2D eigenvalue weighted by atomic mass is 10.1. The highest BCUT2D eigenvalue weighted by atomic mass is 35.5. The molecule has 1 saturated heterocycles. The van der Waals surface area contributed by atoms with Crippen LogP contribution in [0.5, 0.6) is 0 Å². The number of aryl methyl sites for hydroxylation is 1. The molecule has 0 amide bonds. The molecule has 0 bridgehead atoms. The summed E-state index contributed by atoms with van der Waals surface area (Å²) in [5, 5.41) is 14.3. The molecular weight excluding hydrogens is 284 g/mol. The first-order chi connectivity index (χ1) is 9.56. The lowest BCUT2D eigenvalue weighted by molar-refractivity contribution is -0.385. The van der Waals surface area contributed by atoms with Crippen molar-refractivity contribution in [1.82, 2.24) is 9.97 Å². The summed E-state index contributed by atoms with van der Waals surface area (Å²) in [7, 11) is 0. The van der Waals surface area contributed by atoms with E-state index in [1.165, 1.54) is 0 Å². The first kappa shape index (κ1) is 13.5. The molecule has 2 heterocycles. The van der Waals surface area contributed by atoms with Gasteiger partial charge in [-0.1, -0.05) is 0 Å². The number of anilines is 1. The summed E-state index contributed by atoms with van der Waals surface area (Å²) in [6, 6.07) is 0.0477. The Hall–Kier alpha value is -1.47. The average molecular weight is 299 g/mol. The Morgan fingerprint density at radius 1 is 1.40 bits per heavy atom. The molecule has 2 unspecified atom stereocenters. The van der Waals surface area contributed by atoms with Crippen LogP contribution >= 0.6 is 11.6 Å². The van der Waals surface area contributed by atoms with Gasteiger partial charge in [-0.2, -0.15) is 4.98 Å². The fourth-order valence-electron chi connectivity index (χ4n) is 2.68. The molecule has 2 atom stereocenters. The van der Waals surface area contributed by atoms with Gasteiger partial charge in [-0.05, 0) is 43.7 Å². The van der Waals surface area contributed by atoms with Crippen LogP contribution in [0.25, 0.3) is 0 Å². The van der Waals surface area contributed by atoms with E-state index in [2.05, 4.69) is 15.3 Å². The fourth-order valence-corrected chi connectivity index (χ4v) is 2.89. The number of rotatable bonds is 4. The summed E-state index contributed by atoms with van der Waals surface area (Å²) in [5.74, 6) is 0.751. The Labute approximate surface area is 120 Å². The molecular formula is C12H15ClN4O3. The lowest BCUT2D eigenvalue weighted by Gasteiger charge is -2.20. The number of ether oxygens (including phenoxy) is 1. The second-order valence-corrected chi connectivity index (χ2v) is 5.58. The van der Waals surface area contributed by atoms with Crippen LogP contribution in [0.2, 0.25) is 5.28 Å². The zero-order valence-electron chi connectivity index (χ0n) is 11.0. The lowest BCUT2D eigenvalue weighted by Crippen LogP contribution is -2.31. The standard InChI is InChI=1S/C12H15ClN4O3/c1-6-9(17(18)19)11(16-12(13)14-6)15-8-4-5-20-10(8)7-2-3-7/h7-8,10H,2-5H2,1H3,(H,14,15,16). The van der Waals surface area contributed by atoms with Crippen LogP contribution in [0.4, 0.5) is 11.5 Å². The third kappa shape index (κ3) is 2.55. The first-order valence-corrected chi connectivity index (χ1v) is 7.00. The van der Waals surface area contributed by atoms with Crippen molar-refractivity contribution in [2.24, 2.45) is 5.92 Å². The molecule has 1 N–H and O–H groups in total. The van der Waals surface area contributed by atoms with Crippen LogP contribution in [0.15, 0.2) is 0 Å². The van der Waals surface area contributed by atoms with Gasteiger partial charge < -0.3 is 10.1 Å². The molecule has 20 heavy (non-hydrogen) atoms. The normalized spacial score (nSPS) is 25.7. The van der Waals surface area contributed by atoms with Crippen LogP contribution in [-0.4, -0.2) is 33.6 Å². The highest BCUT2D eigenvalue weighted by Crippen LogP contribution is 2.40. The number of nitro groups is 1. The molecule has 0 aromatic carbocycles. The summed E-state index contributed by atoms with van der Waals surface area (Å²) in [6.07, 6.45) is 3.26. The van der Waals surface area contributed by atoms with Crippen LogP contribution in [-0.2, 0) is 4.74 Å². The Kier molecular flexibility index (Phi) is 3.47. The zero-order chi connectivity index (χ0) is 14.3. The number of hydrogen-bond acceptors (Lipinski definition) is 6. The second-order valence-electron chi connectivity index (χ2n) is 5.24. The predicted molar refractivity (Wildman–Crippen MR) is 72.9 cm³/mol. The van der Waals surface area contributed by atoms with Gasteiger partial charge in [0.1, 0.15) is 5.69 Å². The number of nitrogens with zero attached hydrogens (tertiary/aromatic N) is 3. The Bertz CT molecular complexity index is 550. The van der Waals surface area contributed by atoms with Crippen LogP contribution < -0.4 is 5.32 Å². The van der Waals surface area contributed by atoms with E-state index >= 15 is 0 Å². The van der Waals surface area contributed by atoms with Crippen molar-refractivity contribution in [3.05, 3.63) is 21.1 Å². The van der Waals surface area contributed by atoms with Crippen molar-refractivity contribution in [1.29, 1.82) is 0 Å². The first-order valence-electron chi connectivity index (χ1n) is 6.63. The Morgan fingerprint density at radius 2 is 2.15 bits per heavy atom. The number of halogens is 1. The summed E-state index contributed by atoms with van der Waals surface area (Å²) in [6.45, 7) is 2.23. The molecule has 1 aliphatic heterocycles. The number of nitrogens with one attached hydrogen (secondary N) is 1. The van der Waals surface area contributed by atoms with E-state index in [0.717, 1.165) is 19.3 Å². The Balaban J connectivity index is 1.87. The van der Waals surface area contributed by atoms with Gasteiger partial charge in [-0.25, -0.2) is 4.98 Å². The smallest absolute Gasteiger partial charge is 0.332 e. The molecule has 3 rings (SSSR count). The van der Waals surface area contributed by atoms with E-state index in [-0.39, 0.29) is 34.6 Å². The molecule has 0 spiro atoms. The number of aromatic nitrogens is 2. The maximum atomic E-state index is 11.2. The fraction of sp³-hybridized carbons (Fsp3) is 0.667. The summed E-state index contributed by atoms with van der Waals surface area (Å²) in [5.41, 5.74) is 0.148. The summed E-state index contributed by atoms with van der Waals surface area (Å²) in [4.78, 5) is 18.5.